The van der Waals surface area contributed by atoms with Crippen molar-refractivity contribution in [2.24, 2.45) is 0 Å². The minimum absolute atomic E-state index is 0.116. The Morgan fingerprint density at radius 2 is 2.00 bits per heavy atom. The highest BCUT2D eigenvalue weighted by atomic mass is 35.5. The highest BCUT2D eigenvalue weighted by molar-refractivity contribution is 6.35. The number of amides is 2. The predicted octanol–water partition coefficient (Wildman–Crippen LogP) is 2.34. The zero-order valence-electron chi connectivity index (χ0n) is 10.5. The maximum atomic E-state index is 12.4. The van der Waals surface area contributed by atoms with Gasteiger partial charge in [-0.05, 0) is 24.6 Å². The fraction of sp³-hybridized carbons (Fsp3) is 0.385. The number of nitrogens with zero attached hydrogens (tertiary/aromatic N) is 1. The van der Waals surface area contributed by atoms with Crippen LogP contribution >= 0.6 is 23.2 Å². The predicted molar refractivity (Wildman–Crippen MR) is 74.6 cm³/mol. The Kier molecular flexibility index (Phi) is 4.32. The third-order valence-corrected chi connectivity index (χ3v) is 3.52. The van der Waals surface area contributed by atoms with E-state index in [4.69, 9.17) is 23.2 Å². The van der Waals surface area contributed by atoms with Crippen molar-refractivity contribution in [2.45, 2.75) is 19.4 Å². The number of hydrogen-bond acceptors (Lipinski definition) is 2. The van der Waals surface area contributed by atoms with Gasteiger partial charge >= 0.3 is 0 Å². The molecular weight excluding hydrogens is 287 g/mol. The first kappa shape index (κ1) is 14.2. The third kappa shape index (κ3) is 3.01. The van der Waals surface area contributed by atoms with Crippen LogP contribution in [0, 0.1) is 0 Å². The van der Waals surface area contributed by atoms with Gasteiger partial charge in [-0.15, -0.1) is 0 Å². The zero-order chi connectivity index (χ0) is 14.0. The van der Waals surface area contributed by atoms with Crippen molar-refractivity contribution in [1.29, 1.82) is 0 Å². The Balaban J connectivity index is 2.29. The quantitative estimate of drug-likeness (QED) is 0.911. The van der Waals surface area contributed by atoms with Gasteiger partial charge in [0.15, 0.2) is 0 Å². The standard InChI is InChI=1S/C13H14Cl2N2O2/c1-2-11-12(18)16-3-4-17(11)13(19)8-5-9(14)7-10(15)6-8/h5-7,11H,2-4H2,1H3,(H,16,18). The number of halogens is 2. The lowest BCUT2D eigenvalue weighted by Crippen LogP contribution is -2.56. The first-order chi connectivity index (χ1) is 9.02. The molecule has 0 spiro atoms. The van der Waals surface area contributed by atoms with Crippen LogP contribution in [-0.4, -0.2) is 35.8 Å². The Hall–Kier alpha value is -1.26. The SMILES string of the molecule is CCC1C(=O)NCCN1C(=O)c1cc(Cl)cc(Cl)c1. The summed E-state index contributed by atoms with van der Waals surface area (Å²) < 4.78 is 0. The molecule has 6 heteroatoms. The Labute approximate surface area is 121 Å². The van der Waals surface area contributed by atoms with E-state index in [2.05, 4.69) is 5.32 Å². The van der Waals surface area contributed by atoms with E-state index in [1.165, 1.54) is 0 Å². The van der Waals surface area contributed by atoms with Crippen LogP contribution in [0.15, 0.2) is 18.2 Å². The van der Waals surface area contributed by atoms with Crippen molar-refractivity contribution in [2.75, 3.05) is 13.1 Å². The van der Waals surface area contributed by atoms with Crippen molar-refractivity contribution in [3.05, 3.63) is 33.8 Å². The molecule has 1 saturated heterocycles. The number of carbonyl (C=O) groups is 2. The summed E-state index contributed by atoms with van der Waals surface area (Å²) in [7, 11) is 0. The molecule has 1 aliphatic rings. The smallest absolute Gasteiger partial charge is 0.254 e. The number of piperazine rings is 1. The van der Waals surface area contributed by atoms with Gasteiger partial charge in [-0.1, -0.05) is 30.1 Å². The minimum Gasteiger partial charge on any atom is -0.353 e. The van der Waals surface area contributed by atoms with E-state index in [0.29, 0.717) is 35.1 Å². The molecule has 1 aromatic rings. The van der Waals surface area contributed by atoms with Crippen molar-refractivity contribution >= 4 is 35.0 Å². The van der Waals surface area contributed by atoms with Gasteiger partial charge in [-0.25, -0.2) is 0 Å². The van der Waals surface area contributed by atoms with Crippen LogP contribution in [0.25, 0.3) is 0 Å². The van der Waals surface area contributed by atoms with Crippen LogP contribution in [0.3, 0.4) is 0 Å². The van der Waals surface area contributed by atoms with Crippen LogP contribution < -0.4 is 5.32 Å². The second-order valence-corrected chi connectivity index (χ2v) is 5.24. The summed E-state index contributed by atoms with van der Waals surface area (Å²) in [6.07, 6.45) is 0.575. The van der Waals surface area contributed by atoms with E-state index < -0.39 is 6.04 Å². The van der Waals surface area contributed by atoms with E-state index in [1.807, 2.05) is 6.92 Å². The van der Waals surface area contributed by atoms with Crippen molar-refractivity contribution in [3.63, 3.8) is 0 Å². The summed E-state index contributed by atoms with van der Waals surface area (Å²) >= 11 is 11.8. The van der Waals surface area contributed by atoms with E-state index in [9.17, 15) is 9.59 Å². The van der Waals surface area contributed by atoms with Gasteiger partial charge in [-0.2, -0.15) is 0 Å². The number of nitrogens with one attached hydrogen (secondary N) is 1. The molecule has 4 nitrogen and oxygen atoms in total. The molecule has 1 N–H and O–H groups in total. The van der Waals surface area contributed by atoms with E-state index in [-0.39, 0.29) is 11.8 Å². The molecule has 0 saturated carbocycles. The van der Waals surface area contributed by atoms with Gasteiger partial charge in [0.1, 0.15) is 6.04 Å². The number of rotatable bonds is 2. The van der Waals surface area contributed by atoms with Gasteiger partial charge in [0.25, 0.3) is 5.91 Å². The Bertz CT molecular complexity index is 499. The monoisotopic (exact) mass is 300 g/mol. The van der Waals surface area contributed by atoms with E-state index in [1.54, 1.807) is 23.1 Å². The lowest BCUT2D eigenvalue weighted by Gasteiger charge is -2.34. The van der Waals surface area contributed by atoms with E-state index >= 15 is 0 Å². The van der Waals surface area contributed by atoms with Gasteiger partial charge in [0, 0.05) is 28.7 Å². The van der Waals surface area contributed by atoms with Gasteiger partial charge < -0.3 is 10.2 Å². The summed E-state index contributed by atoms with van der Waals surface area (Å²) in [4.78, 5) is 25.8. The Morgan fingerprint density at radius 3 is 2.58 bits per heavy atom. The molecule has 1 aliphatic heterocycles. The van der Waals surface area contributed by atoms with E-state index in [0.717, 1.165) is 0 Å². The molecule has 102 valence electrons. The molecule has 1 atom stereocenters. The summed E-state index contributed by atoms with van der Waals surface area (Å²) in [6.45, 7) is 2.84. The zero-order valence-corrected chi connectivity index (χ0v) is 12.0. The van der Waals surface area contributed by atoms with Crippen molar-refractivity contribution in [1.82, 2.24) is 10.2 Å². The third-order valence-electron chi connectivity index (χ3n) is 3.09. The second kappa shape index (κ2) is 5.80. The lowest BCUT2D eigenvalue weighted by molar-refractivity contribution is -0.127. The second-order valence-electron chi connectivity index (χ2n) is 4.37. The molecule has 2 rings (SSSR count). The molecule has 1 fully saturated rings. The van der Waals surface area contributed by atoms with Crippen LogP contribution in [-0.2, 0) is 4.79 Å². The molecular formula is C13H14Cl2N2O2. The average Bonchev–Trinajstić information content (AvgIpc) is 2.36. The highest BCUT2D eigenvalue weighted by Gasteiger charge is 2.32. The summed E-state index contributed by atoms with van der Waals surface area (Å²) in [5.41, 5.74) is 0.408. The van der Waals surface area contributed by atoms with Crippen molar-refractivity contribution in [3.8, 4) is 0 Å². The first-order valence-electron chi connectivity index (χ1n) is 6.07. The molecule has 0 radical (unpaired) electrons. The topological polar surface area (TPSA) is 49.4 Å². The maximum absolute atomic E-state index is 12.4. The fourth-order valence-electron chi connectivity index (χ4n) is 2.21. The molecule has 1 heterocycles. The fourth-order valence-corrected chi connectivity index (χ4v) is 2.73. The van der Waals surface area contributed by atoms with Gasteiger partial charge in [-0.3, -0.25) is 9.59 Å². The molecule has 0 aliphatic carbocycles. The number of carbonyl (C=O) groups excluding carboxylic acids is 2. The molecule has 2 amide bonds. The lowest BCUT2D eigenvalue weighted by atomic mass is 10.1. The molecule has 1 unspecified atom stereocenters. The largest absolute Gasteiger partial charge is 0.353 e. The molecule has 0 bridgehead atoms. The van der Waals surface area contributed by atoms with Crippen LogP contribution in [0.5, 0.6) is 0 Å². The maximum Gasteiger partial charge on any atom is 0.254 e. The molecule has 1 aromatic carbocycles. The normalized spacial score (nSPS) is 19.2. The summed E-state index contributed by atoms with van der Waals surface area (Å²) in [6, 6.07) is 4.27. The molecule has 0 aromatic heterocycles. The van der Waals surface area contributed by atoms with Crippen molar-refractivity contribution < 1.29 is 9.59 Å². The summed E-state index contributed by atoms with van der Waals surface area (Å²) in [5.74, 6) is -0.332. The summed E-state index contributed by atoms with van der Waals surface area (Å²) in [5, 5.41) is 3.57. The number of hydrogen-bond donors (Lipinski definition) is 1. The van der Waals surface area contributed by atoms with Crippen LogP contribution in [0.2, 0.25) is 10.0 Å². The van der Waals surface area contributed by atoms with Crippen LogP contribution in [0.4, 0.5) is 0 Å². The first-order valence-corrected chi connectivity index (χ1v) is 6.83. The number of benzene rings is 1. The van der Waals surface area contributed by atoms with Gasteiger partial charge in [0.2, 0.25) is 5.91 Å². The molecule has 19 heavy (non-hydrogen) atoms. The Morgan fingerprint density at radius 1 is 1.37 bits per heavy atom. The van der Waals surface area contributed by atoms with Crippen LogP contribution in [0.1, 0.15) is 23.7 Å². The highest BCUT2D eigenvalue weighted by Crippen LogP contribution is 2.21. The minimum atomic E-state index is -0.431. The average molecular weight is 301 g/mol. The van der Waals surface area contributed by atoms with Gasteiger partial charge in [0.05, 0.1) is 0 Å².